The van der Waals surface area contributed by atoms with Gasteiger partial charge in [-0.3, -0.25) is 4.79 Å². The number of halogens is 1. The SMILES string of the molecule is Cc1cc(O)cc(C(N)C(=O)O)c1F. The van der Waals surface area contributed by atoms with Gasteiger partial charge in [0, 0.05) is 5.56 Å². The van der Waals surface area contributed by atoms with Gasteiger partial charge in [-0.2, -0.15) is 0 Å². The maximum atomic E-state index is 13.3. The summed E-state index contributed by atoms with van der Waals surface area (Å²) in [7, 11) is 0. The first-order valence-corrected chi connectivity index (χ1v) is 3.91. The fourth-order valence-corrected chi connectivity index (χ4v) is 1.14. The standard InChI is InChI=1S/C9H10FNO3/c1-4-2-5(12)3-6(7(4)10)8(11)9(13)14/h2-3,8,12H,11H2,1H3,(H,13,14). The molecule has 1 rings (SSSR count). The monoisotopic (exact) mass is 199 g/mol. The third-order valence-electron chi connectivity index (χ3n) is 1.87. The van der Waals surface area contributed by atoms with E-state index in [9.17, 15) is 9.18 Å². The van der Waals surface area contributed by atoms with Crippen molar-refractivity contribution in [2.24, 2.45) is 5.73 Å². The van der Waals surface area contributed by atoms with E-state index in [1.54, 1.807) is 0 Å². The lowest BCUT2D eigenvalue weighted by Crippen LogP contribution is -2.22. The first kappa shape index (κ1) is 10.5. The predicted molar refractivity (Wildman–Crippen MR) is 47.4 cm³/mol. The second-order valence-corrected chi connectivity index (χ2v) is 2.98. The van der Waals surface area contributed by atoms with E-state index in [0.717, 1.165) is 6.07 Å². The summed E-state index contributed by atoms with van der Waals surface area (Å²) in [5.41, 5.74) is 5.18. The first-order valence-electron chi connectivity index (χ1n) is 3.91. The van der Waals surface area contributed by atoms with Gasteiger partial charge in [-0.05, 0) is 24.6 Å². The summed E-state index contributed by atoms with van der Waals surface area (Å²) in [6, 6.07) is 0.759. The number of rotatable bonds is 2. The molecule has 0 bridgehead atoms. The number of aryl methyl sites for hydroxylation is 1. The molecule has 1 aromatic rings. The van der Waals surface area contributed by atoms with Crippen molar-refractivity contribution in [2.45, 2.75) is 13.0 Å². The molecule has 4 nitrogen and oxygen atoms in total. The van der Waals surface area contributed by atoms with Crippen LogP contribution in [0.3, 0.4) is 0 Å². The van der Waals surface area contributed by atoms with Crippen LogP contribution in [0.1, 0.15) is 17.2 Å². The van der Waals surface area contributed by atoms with Crippen LogP contribution in [0.25, 0.3) is 0 Å². The third-order valence-corrected chi connectivity index (χ3v) is 1.87. The number of nitrogens with two attached hydrogens (primary N) is 1. The van der Waals surface area contributed by atoms with Crippen LogP contribution in [-0.2, 0) is 4.79 Å². The Bertz CT molecular complexity index is 379. The smallest absolute Gasteiger partial charge is 0.325 e. The van der Waals surface area contributed by atoms with Gasteiger partial charge in [0.15, 0.2) is 0 Å². The van der Waals surface area contributed by atoms with E-state index in [1.807, 2.05) is 0 Å². The number of phenolic OH excluding ortho intramolecular Hbond substituents is 1. The molecule has 0 heterocycles. The summed E-state index contributed by atoms with van der Waals surface area (Å²) < 4.78 is 13.3. The van der Waals surface area contributed by atoms with Crippen molar-refractivity contribution in [1.29, 1.82) is 0 Å². The maximum absolute atomic E-state index is 13.3. The number of aromatic hydroxyl groups is 1. The van der Waals surface area contributed by atoms with Crippen molar-refractivity contribution >= 4 is 5.97 Å². The Hall–Kier alpha value is -1.62. The average Bonchev–Trinajstić information content (AvgIpc) is 2.09. The Morgan fingerprint density at radius 3 is 2.64 bits per heavy atom. The lowest BCUT2D eigenvalue weighted by molar-refractivity contribution is -0.138. The fourth-order valence-electron chi connectivity index (χ4n) is 1.14. The van der Waals surface area contributed by atoms with Gasteiger partial charge in [0.2, 0.25) is 0 Å². The van der Waals surface area contributed by atoms with E-state index in [1.165, 1.54) is 13.0 Å². The van der Waals surface area contributed by atoms with Crippen molar-refractivity contribution in [1.82, 2.24) is 0 Å². The Labute approximate surface area is 79.8 Å². The van der Waals surface area contributed by atoms with Crippen LogP contribution < -0.4 is 5.73 Å². The minimum absolute atomic E-state index is 0.164. The molecule has 4 N–H and O–H groups in total. The summed E-state index contributed by atoms with van der Waals surface area (Å²) in [5.74, 6) is -2.23. The zero-order valence-electron chi connectivity index (χ0n) is 7.49. The van der Waals surface area contributed by atoms with Gasteiger partial charge in [0.1, 0.15) is 17.6 Å². The van der Waals surface area contributed by atoms with E-state index >= 15 is 0 Å². The summed E-state index contributed by atoms with van der Waals surface area (Å²) >= 11 is 0. The second kappa shape index (κ2) is 3.63. The van der Waals surface area contributed by atoms with Gasteiger partial charge in [-0.25, -0.2) is 4.39 Å². The Balaban J connectivity index is 3.26. The molecule has 0 saturated heterocycles. The zero-order valence-corrected chi connectivity index (χ0v) is 7.49. The number of hydrogen-bond donors (Lipinski definition) is 3. The van der Waals surface area contributed by atoms with Crippen molar-refractivity contribution < 1.29 is 19.4 Å². The Kier molecular flexibility index (Phi) is 2.71. The van der Waals surface area contributed by atoms with Crippen molar-refractivity contribution in [3.8, 4) is 5.75 Å². The minimum Gasteiger partial charge on any atom is -0.508 e. The minimum atomic E-state index is -1.46. The molecule has 0 amide bonds. The van der Waals surface area contributed by atoms with Crippen LogP contribution in [0, 0.1) is 12.7 Å². The predicted octanol–water partition coefficient (Wildman–Crippen LogP) is 0.924. The molecule has 1 aromatic carbocycles. The van der Waals surface area contributed by atoms with Gasteiger partial charge >= 0.3 is 5.97 Å². The lowest BCUT2D eigenvalue weighted by Gasteiger charge is -2.10. The van der Waals surface area contributed by atoms with Crippen molar-refractivity contribution in [2.75, 3.05) is 0 Å². The largest absolute Gasteiger partial charge is 0.508 e. The van der Waals surface area contributed by atoms with Crippen molar-refractivity contribution in [3.05, 3.63) is 29.1 Å². The van der Waals surface area contributed by atoms with E-state index in [0.29, 0.717) is 0 Å². The average molecular weight is 199 g/mol. The van der Waals surface area contributed by atoms with Gasteiger partial charge in [-0.15, -0.1) is 0 Å². The summed E-state index contributed by atoms with van der Waals surface area (Å²) in [6.45, 7) is 1.42. The summed E-state index contributed by atoms with van der Waals surface area (Å²) in [4.78, 5) is 10.5. The highest BCUT2D eigenvalue weighted by Crippen LogP contribution is 2.23. The molecule has 0 aliphatic rings. The molecule has 0 spiro atoms. The molecule has 76 valence electrons. The number of hydrogen-bond acceptors (Lipinski definition) is 3. The van der Waals surface area contributed by atoms with Crippen LogP contribution in [0.15, 0.2) is 12.1 Å². The molecule has 0 fully saturated rings. The number of carbonyl (C=O) groups is 1. The molecule has 5 heteroatoms. The third kappa shape index (κ3) is 1.82. The number of carboxylic acid groups (broad SMARTS) is 1. The molecular weight excluding hydrogens is 189 g/mol. The number of phenols is 1. The molecule has 0 aliphatic heterocycles. The maximum Gasteiger partial charge on any atom is 0.325 e. The molecule has 14 heavy (non-hydrogen) atoms. The molecule has 1 unspecified atom stereocenters. The van der Waals surface area contributed by atoms with Gasteiger partial charge < -0.3 is 15.9 Å². The zero-order chi connectivity index (χ0) is 10.9. The van der Waals surface area contributed by atoms with Crippen molar-refractivity contribution in [3.63, 3.8) is 0 Å². The highest BCUT2D eigenvalue weighted by Gasteiger charge is 2.20. The number of aliphatic carboxylic acids is 1. The Morgan fingerprint density at radius 2 is 2.14 bits per heavy atom. The molecule has 0 aliphatic carbocycles. The summed E-state index contributed by atoms with van der Waals surface area (Å²) in [6.07, 6.45) is 0. The quantitative estimate of drug-likeness (QED) is 0.661. The molecular formula is C9H10FNO3. The molecule has 1 atom stereocenters. The molecule has 0 saturated carbocycles. The van der Waals surface area contributed by atoms with Crippen LogP contribution in [-0.4, -0.2) is 16.2 Å². The highest BCUT2D eigenvalue weighted by atomic mass is 19.1. The Morgan fingerprint density at radius 1 is 1.57 bits per heavy atom. The van der Waals surface area contributed by atoms with Crippen LogP contribution in [0.5, 0.6) is 5.75 Å². The van der Waals surface area contributed by atoms with E-state index in [4.69, 9.17) is 15.9 Å². The second-order valence-electron chi connectivity index (χ2n) is 2.98. The van der Waals surface area contributed by atoms with Crippen LogP contribution >= 0.6 is 0 Å². The first-order chi connectivity index (χ1) is 6.43. The topological polar surface area (TPSA) is 83.5 Å². The van der Waals surface area contributed by atoms with Crippen LogP contribution in [0.2, 0.25) is 0 Å². The van der Waals surface area contributed by atoms with E-state index < -0.39 is 17.8 Å². The summed E-state index contributed by atoms with van der Waals surface area (Å²) in [5, 5.41) is 17.7. The van der Waals surface area contributed by atoms with Gasteiger partial charge in [-0.1, -0.05) is 0 Å². The molecule has 0 radical (unpaired) electrons. The fraction of sp³-hybridized carbons (Fsp3) is 0.222. The highest BCUT2D eigenvalue weighted by molar-refractivity contribution is 5.75. The molecule has 0 aromatic heterocycles. The van der Waals surface area contributed by atoms with Crippen LogP contribution in [0.4, 0.5) is 4.39 Å². The van der Waals surface area contributed by atoms with Gasteiger partial charge in [0.05, 0.1) is 0 Å². The van der Waals surface area contributed by atoms with Gasteiger partial charge in [0.25, 0.3) is 0 Å². The van der Waals surface area contributed by atoms with E-state index in [-0.39, 0.29) is 16.9 Å². The number of carboxylic acids is 1. The van der Waals surface area contributed by atoms with E-state index in [2.05, 4.69) is 0 Å². The normalized spacial score (nSPS) is 12.5. The lowest BCUT2D eigenvalue weighted by atomic mass is 10.0. The number of benzene rings is 1.